The molecule has 0 bridgehead atoms. The molecule has 3 aromatic rings. The number of nitrogens with zero attached hydrogens (tertiary/aromatic N) is 3. The average Bonchev–Trinajstić information content (AvgIpc) is 3.39. The number of rotatable bonds is 9. The maximum Gasteiger partial charge on any atom is 0.328 e. The second-order valence-corrected chi connectivity index (χ2v) is 9.81. The van der Waals surface area contributed by atoms with Gasteiger partial charge in [-0.2, -0.15) is 5.26 Å². The number of aliphatic imine (C=N–C) groups is 1. The highest BCUT2D eigenvalue weighted by Gasteiger charge is 2.30. The Morgan fingerprint density at radius 3 is 2.76 bits per heavy atom. The van der Waals surface area contributed by atoms with E-state index in [1.165, 1.54) is 7.11 Å². The number of guanidine groups is 1. The molecule has 1 aliphatic heterocycles. The van der Waals surface area contributed by atoms with Gasteiger partial charge >= 0.3 is 5.97 Å². The SMILES string of the molecule is COCCNC(=NC[C@H](NC(=O)c1c(Cl)cc2c(c1Cl)CCN(C(=O)c1cc3ccccc3o1)C2)C(=O)O)NC#N. The topological polar surface area (TPSA) is 169 Å². The summed E-state index contributed by atoms with van der Waals surface area (Å²) in [4.78, 5) is 43.8. The molecular formula is C27H26Cl2N6O6. The van der Waals surface area contributed by atoms with Crippen molar-refractivity contribution in [3.8, 4) is 6.19 Å². The van der Waals surface area contributed by atoms with E-state index in [0.29, 0.717) is 42.8 Å². The highest BCUT2D eigenvalue weighted by molar-refractivity contribution is 6.40. The van der Waals surface area contributed by atoms with E-state index < -0.39 is 17.9 Å². The Labute approximate surface area is 244 Å². The van der Waals surface area contributed by atoms with Crippen molar-refractivity contribution in [2.45, 2.75) is 19.0 Å². The van der Waals surface area contributed by atoms with Crippen molar-refractivity contribution in [2.24, 2.45) is 4.99 Å². The smallest absolute Gasteiger partial charge is 0.328 e. The first-order valence-corrected chi connectivity index (χ1v) is 13.2. The molecule has 41 heavy (non-hydrogen) atoms. The van der Waals surface area contributed by atoms with Crippen LogP contribution >= 0.6 is 23.2 Å². The molecule has 4 N–H and O–H groups in total. The van der Waals surface area contributed by atoms with Crippen molar-refractivity contribution >= 4 is 57.9 Å². The number of aliphatic carboxylic acids is 1. The summed E-state index contributed by atoms with van der Waals surface area (Å²) in [5.41, 5.74) is 1.84. The minimum absolute atomic E-state index is 0.00462. The van der Waals surface area contributed by atoms with Gasteiger partial charge in [0.2, 0.25) is 5.96 Å². The maximum absolute atomic E-state index is 13.1. The summed E-state index contributed by atoms with van der Waals surface area (Å²) in [6, 6.07) is 9.13. The van der Waals surface area contributed by atoms with Gasteiger partial charge < -0.3 is 29.8 Å². The standard InChI is InChI=1S/C27H26Cl2N6O6/c1-40-9-7-31-27(33-14-30)32-12-19(26(38)39)34-24(36)22-18(28)10-16-13-35(8-6-17(16)23(22)29)25(37)21-11-15-4-2-3-5-20(15)41-21/h2-5,10-11,19H,6-9,12-13H2,1H3,(H,34,36)(H,38,39)(H2,31,32,33)/t19-/m0/s1. The van der Waals surface area contributed by atoms with E-state index in [9.17, 15) is 19.5 Å². The lowest BCUT2D eigenvalue weighted by molar-refractivity contribution is -0.138. The molecular weight excluding hydrogens is 575 g/mol. The van der Waals surface area contributed by atoms with E-state index in [2.05, 4.69) is 20.9 Å². The average molecular weight is 601 g/mol. The number of amides is 2. The fourth-order valence-electron chi connectivity index (χ4n) is 4.34. The summed E-state index contributed by atoms with van der Waals surface area (Å²) < 4.78 is 10.6. The Morgan fingerprint density at radius 1 is 1.27 bits per heavy atom. The highest BCUT2D eigenvalue weighted by Crippen LogP contribution is 2.35. The normalized spacial score (nSPS) is 13.7. The predicted molar refractivity (Wildman–Crippen MR) is 151 cm³/mol. The van der Waals surface area contributed by atoms with Crippen molar-refractivity contribution in [3.05, 3.63) is 68.9 Å². The van der Waals surface area contributed by atoms with Gasteiger partial charge in [-0.15, -0.1) is 0 Å². The highest BCUT2D eigenvalue weighted by atomic mass is 35.5. The number of nitrogens with one attached hydrogen (secondary N) is 3. The number of carbonyl (C=O) groups excluding carboxylic acids is 2. The second-order valence-electron chi connectivity index (χ2n) is 9.02. The first-order chi connectivity index (χ1) is 19.7. The van der Waals surface area contributed by atoms with Crippen LogP contribution in [0.2, 0.25) is 10.0 Å². The van der Waals surface area contributed by atoms with E-state index in [0.717, 1.165) is 5.39 Å². The van der Waals surface area contributed by atoms with Crippen LogP contribution in [0.5, 0.6) is 0 Å². The molecule has 1 aromatic heterocycles. The molecule has 2 aromatic carbocycles. The van der Waals surface area contributed by atoms with Crippen LogP contribution in [0.4, 0.5) is 0 Å². The lowest BCUT2D eigenvalue weighted by Gasteiger charge is -2.30. The number of ether oxygens (including phenoxy) is 1. The van der Waals surface area contributed by atoms with E-state index in [4.69, 9.17) is 37.6 Å². The Kier molecular flexibility index (Phi) is 9.67. The van der Waals surface area contributed by atoms with Crippen LogP contribution in [0.25, 0.3) is 11.0 Å². The van der Waals surface area contributed by atoms with Crippen LogP contribution in [-0.4, -0.2) is 73.1 Å². The summed E-state index contributed by atoms with van der Waals surface area (Å²) in [6.45, 7) is 0.776. The van der Waals surface area contributed by atoms with Gasteiger partial charge in [0.25, 0.3) is 11.8 Å². The van der Waals surface area contributed by atoms with Gasteiger partial charge in [0.15, 0.2) is 12.0 Å². The van der Waals surface area contributed by atoms with Crippen LogP contribution in [-0.2, 0) is 22.5 Å². The zero-order chi connectivity index (χ0) is 29.5. The molecule has 12 nitrogen and oxygen atoms in total. The minimum atomic E-state index is -1.44. The van der Waals surface area contributed by atoms with Gasteiger partial charge in [-0.05, 0) is 35.7 Å². The molecule has 0 saturated heterocycles. The van der Waals surface area contributed by atoms with Crippen LogP contribution in [0.1, 0.15) is 32.0 Å². The monoisotopic (exact) mass is 600 g/mol. The number of hydrogen-bond donors (Lipinski definition) is 4. The van der Waals surface area contributed by atoms with Gasteiger partial charge in [-0.1, -0.05) is 41.4 Å². The molecule has 14 heteroatoms. The Bertz CT molecular complexity index is 1520. The van der Waals surface area contributed by atoms with Crippen molar-refractivity contribution in [3.63, 3.8) is 0 Å². The van der Waals surface area contributed by atoms with Crippen LogP contribution in [0, 0.1) is 11.5 Å². The number of methoxy groups -OCH3 is 1. The van der Waals surface area contributed by atoms with Crippen molar-refractivity contribution < 1.29 is 28.6 Å². The molecule has 2 heterocycles. The van der Waals surface area contributed by atoms with Crippen molar-refractivity contribution in [1.29, 1.82) is 5.26 Å². The largest absolute Gasteiger partial charge is 0.480 e. The zero-order valence-corrected chi connectivity index (χ0v) is 23.4. The lowest BCUT2D eigenvalue weighted by Crippen LogP contribution is -2.45. The Hall–Kier alpha value is -4.31. The molecule has 4 rings (SSSR count). The first-order valence-electron chi connectivity index (χ1n) is 12.5. The van der Waals surface area contributed by atoms with Crippen molar-refractivity contribution in [2.75, 3.05) is 33.4 Å². The number of fused-ring (bicyclic) bond motifs is 2. The third kappa shape index (κ3) is 6.89. The van der Waals surface area contributed by atoms with Crippen LogP contribution in [0.15, 0.2) is 45.8 Å². The maximum atomic E-state index is 13.1. The number of carboxylic acid groups (broad SMARTS) is 1. The number of furan rings is 1. The van der Waals surface area contributed by atoms with Crippen LogP contribution < -0.4 is 16.0 Å². The Morgan fingerprint density at radius 2 is 2.05 bits per heavy atom. The third-order valence-electron chi connectivity index (χ3n) is 6.36. The van der Waals surface area contributed by atoms with Gasteiger partial charge in [-0.3, -0.25) is 14.9 Å². The number of hydrogen-bond acceptors (Lipinski definition) is 7. The summed E-state index contributed by atoms with van der Waals surface area (Å²) >= 11 is 13.1. The Balaban J connectivity index is 1.49. The van der Waals surface area contributed by atoms with Gasteiger partial charge in [0.1, 0.15) is 11.6 Å². The van der Waals surface area contributed by atoms with Crippen LogP contribution in [0.3, 0.4) is 0 Å². The number of halogens is 2. The first kappa shape index (κ1) is 29.7. The fourth-order valence-corrected chi connectivity index (χ4v) is 5.10. The van der Waals surface area contributed by atoms with Gasteiger partial charge in [0.05, 0.1) is 28.8 Å². The summed E-state index contributed by atoms with van der Waals surface area (Å²) in [7, 11) is 1.50. The van der Waals surface area contributed by atoms with E-state index in [1.807, 2.05) is 18.2 Å². The molecule has 0 aliphatic carbocycles. The van der Waals surface area contributed by atoms with Gasteiger partial charge in [-0.25, -0.2) is 9.79 Å². The number of carbonyl (C=O) groups is 3. The number of nitriles is 1. The summed E-state index contributed by atoms with van der Waals surface area (Å²) in [6.07, 6.45) is 2.05. The lowest BCUT2D eigenvalue weighted by atomic mass is 9.96. The second kappa shape index (κ2) is 13.4. The number of para-hydroxylation sites is 1. The zero-order valence-electron chi connectivity index (χ0n) is 21.9. The quantitative estimate of drug-likeness (QED) is 0.0947. The van der Waals surface area contributed by atoms with E-state index in [1.54, 1.807) is 29.3 Å². The predicted octanol–water partition coefficient (Wildman–Crippen LogP) is 2.78. The number of carboxylic acids is 1. The molecule has 1 atom stereocenters. The molecule has 0 spiro atoms. The van der Waals surface area contributed by atoms with E-state index in [-0.39, 0.29) is 46.3 Å². The van der Waals surface area contributed by atoms with Crippen molar-refractivity contribution in [1.82, 2.24) is 20.9 Å². The molecule has 1 aliphatic rings. The third-order valence-corrected chi connectivity index (χ3v) is 7.08. The molecule has 0 unspecified atom stereocenters. The molecule has 2 amide bonds. The molecule has 0 fully saturated rings. The minimum Gasteiger partial charge on any atom is -0.480 e. The summed E-state index contributed by atoms with van der Waals surface area (Å²) in [5.74, 6) is -2.19. The molecule has 0 saturated carbocycles. The molecule has 0 radical (unpaired) electrons. The summed E-state index contributed by atoms with van der Waals surface area (Å²) in [5, 5.41) is 27.0. The number of benzene rings is 2. The van der Waals surface area contributed by atoms with Gasteiger partial charge in [0, 0.05) is 32.1 Å². The van der Waals surface area contributed by atoms with E-state index >= 15 is 0 Å². The molecule has 214 valence electrons. The fraction of sp³-hybridized carbons (Fsp3) is 0.296.